The van der Waals surface area contributed by atoms with Gasteiger partial charge in [-0.25, -0.2) is 0 Å². The van der Waals surface area contributed by atoms with Crippen molar-refractivity contribution >= 4 is 17.4 Å². The Hall–Kier alpha value is -2.42. The fourth-order valence-electron chi connectivity index (χ4n) is 2.78. The van der Waals surface area contributed by atoms with Gasteiger partial charge in [0.2, 0.25) is 5.91 Å². The predicted octanol–water partition coefficient (Wildman–Crippen LogP) is 4.72. The van der Waals surface area contributed by atoms with Gasteiger partial charge in [-0.3, -0.25) is 9.59 Å². The summed E-state index contributed by atoms with van der Waals surface area (Å²) in [5.41, 5.74) is 4.64. The summed E-state index contributed by atoms with van der Waals surface area (Å²) in [5.74, 6) is 0.143. The average Bonchev–Trinajstić information content (AvgIpc) is 2.57. The van der Waals surface area contributed by atoms with Crippen LogP contribution < -0.4 is 5.32 Å². The fraction of sp³-hybridized carbons (Fsp3) is 0.333. The quantitative estimate of drug-likeness (QED) is 0.749. The molecule has 0 atom stereocenters. The maximum absolute atomic E-state index is 12.3. The fourth-order valence-corrected chi connectivity index (χ4v) is 2.78. The summed E-state index contributed by atoms with van der Waals surface area (Å²) in [5, 5.41) is 2.95. The molecule has 2 aromatic rings. The third-order valence-corrected chi connectivity index (χ3v) is 4.11. The zero-order valence-electron chi connectivity index (χ0n) is 14.7. The van der Waals surface area contributed by atoms with Gasteiger partial charge in [-0.15, -0.1) is 0 Å². The van der Waals surface area contributed by atoms with Crippen LogP contribution in [-0.2, 0) is 17.6 Å². The second-order valence-corrected chi connectivity index (χ2v) is 6.06. The first-order valence-electron chi connectivity index (χ1n) is 8.55. The summed E-state index contributed by atoms with van der Waals surface area (Å²) in [6.07, 6.45) is 2.52. The highest BCUT2D eigenvalue weighted by molar-refractivity contribution is 5.98. The van der Waals surface area contributed by atoms with E-state index in [-0.39, 0.29) is 11.7 Å². The molecule has 126 valence electrons. The third kappa shape index (κ3) is 4.54. The lowest BCUT2D eigenvalue weighted by molar-refractivity contribution is -0.115. The number of hydrogen-bond acceptors (Lipinski definition) is 2. The molecule has 0 radical (unpaired) electrons. The smallest absolute Gasteiger partial charge is 0.228 e. The number of rotatable bonds is 7. The van der Waals surface area contributed by atoms with Gasteiger partial charge in [-0.2, -0.15) is 0 Å². The molecule has 0 aliphatic heterocycles. The maximum atomic E-state index is 12.3. The number of carbonyl (C=O) groups is 2. The van der Waals surface area contributed by atoms with Crippen LogP contribution in [0.25, 0.3) is 0 Å². The van der Waals surface area contributed by atoms with Gasteiger partial charge >= 0.3 is 0 Å². The van der Waals surface area contributed by atoms with Crippen LogP contribution in [0, 0.1) is 6.92 Å². The van der Waals surface area contributed by atoms with Gasteiger partial charge in [0, 0.05) is 17.7 Å². The molecular formula is C21H25NO2. The SMILES string of the molecule is CCCC(=O)c1ccc(CC(=O)Nc2ccccc2C)cc1CC. The Morgan fingerprint density at radius 3 is 2.46 bits per heavy atom. The molecule has 1 N–H and O–H groups in total. The normalized spacial score (nSPS) is 10.5. The molecule has 0 spiro atoms. The van der Waals surface area contributed by atoms with Gasteiger partial charge in [-0.1, -0.05) is 50.2 Å². The van der Waals surface area contributed by atoms with Crippen molar-refractivity contribution < 1.29 is 9.59 Å². The van der Waals surface area contributed by atoms with Gasteiger partial charge in [0.05, 0.1) is 6.42 Å². The minimum absolute atomic E-state index is 0.0426. The van der Waals surface area contributed by atoms with Gasteiger partial charge in [0.15, 0.2) is 5.78 Å². The molecule has 0 aliphatic carbocycles. The molecule has 2 aromatic carbocycles. The van der Waals surface area contributed by atoms with Crippen molar-refractivity contribution in [2.24, 2.45) is 0 Å². The molecule has 0 saturated heterocycles. The largest absolute Gasteiger partial charge is 0.326 e. The number of nitrogens with one attached hydrogen (secondary N) is 1. The molecule has 3 nitrogen and oxygen atoms in total. The molecule has 24 heavy (non-hydrogen) atoms. The molecular weight excluding hydrogens is 298 g/mol. The Kier molecular flexibility index (Phi) is 6.30. The van der Waals surface area contributed by atoms with E-state index < -0.39 is 0 Å². The van der Waals surface area contributed by atoms with E-state index >= 15 is 0 Å². The molecule has 0 heterocycles. The number of Topliss-reactive ketones (excluding diaryl/α,β-unsaturated/α-hetero) is 1. The standard InChI is InChI=1S/C21H25NO2/c1-4-8-20(23)18-12-11-16(13-17(18)5-2)14-21(24)22-19-10-7-6-9-15(19)3/h6-7,9-13H,4-5,8,14H2,1-3H3,(H,22,24). The molecule has 3 heteroatoms. The summed E-state index contributed by atoms with van der Waals surface area (Å²) in [4.78, 5) is 24.4. The highest BCUT2D eigenvalue weighted by Crippen LogP contribution is 2.18. The zero-order valence-corrected chi connectivity index (χ0v) is 14.7. The molecule has 2 rings (SSSR count). The Balaban J connectivity index is 2.11. The third-order valence-electron chi connectivity index (χ3n) is 4.11. The number of aryl methyl sites for hydroxylation is 2. The second-order valence-electron chi connectivity index (χ2n) is 6.06. The summed E-state index contributed by atoms with van der Waals surface area (Å²) in [6.45, 7) is 6.02. The first-order valence-corrected chi connectivity index (χ1v) is 8.55. The van der Waals surface area contributed by atoms with Gasteiger partial charge < -0.3 is 5.32 Å². The molecule has 0 bridgehead atoms. The van der Waals surface area contributed by atoms with E-state index in [1.165, 1.54) is 0 Å². The Bertz CT molecular complexity index is 734. The molecule has 0 saturated carbocycles. The number of amides is 1. The van der Waals surface area contributed by atoms with Crippen LogP contribution in [0.15, 0.2) is 42.5 Å². The number of anilines is 1. The van der Waals surface area contributed by atoms with E-state index in [2.05, 4.69) is 5.32 Å². The van der Waals surface area contributed by atoms with E-state index in [1.807, 2.05) is 63.2 Å². The number of hydrogen-bond donors (Lipinski definition) is 1. The van der Waals surface area contributed by atoms with E-state index in [9.17, 15) is 9.59 Å². The van der Waals surface area contributed by atoms with Crippen molar-refractivity contribution in [1.29, 1.82) is 0 Å². The van der Waals surface area contributed by atoms with Crippen LogP contribution in [0.3, 0.4) is 0 Å². The first kappa shape index (κ1) is 17.9. The van der Waals surface area contributed by atoms with E-state index in [1.54, 1.807) is 0 Å². The minimum Gasteiger partial charge on any atom is -0.326 e. The van der Waals surface area contributed by atoms with Crippen molar-refractivity contribution in [3.8, 4) is 0 Å². The Labute approximate surface area is 144 Å². The summed E-state index contributed by atoms with van der Waals surface area (Å²) in [6, 6.07) is 13.5. The molecule has 0 fully saturated rings. The number of ketones is 1. The summed E-state index contributed by atoms with van der Waals surface area (Å²) in [7, 11) is 0. The van der Waals surface area contributed by atoms with Crippen molar-refractivity contribution in [3.05, 3.63) is 64.7 Å². The number of para-hydroxylation sites is 1. The van der Waals surface area contributed by atoms with Crippen LogP contribution in [-0.4, -0.2) is 11.7 Å². The van der Waals surface area contributed by atoms with Crippen molar-refractivity contribution in [1.82, 2.24) is 0 Å². The van der Waals surface area contributed by atoms with Gasteiger partial charge in [-0.05, 0) is 42.5 Å². The molecule has 0 aliphatic rings. The number of carbonyl (C=O) groups excluding carboxylic acids is 2. The van der Waals surface area contributed by atoms with Crippen LogP contribution in [0.4, 0.5) is 5.69 Å². The summed E-state index contributed by atoms with van der Waals surface area (Å²) >= 11 is 0. The first-order chi connectivity index (χ1) is 11.5. The number of benzene rings is 2. The Morgan fingerprint density at radius 2 is 1.79 bits per heavy atom. The molecule has 1 amide bonds. The highest BCUT2D eigenvalue weighted by atomic mass is 16.1. The van der Waals surface area contributed by atoms with Crippen LogP contribution >= 0.6 is 0 Å². The summed E-state index contributed by atoms with van der Waals surface area (Å²) < 4.78 is 0. The van der Waals surface area contributed by atoms with Crippen molar-refractivity contribution in [2.45, 2.75) is 46.5 Å². The van der Waals surface area contributed by atoms with Crippen LogP contribution in [0.5, 0.6) is 0 Å². The Morgan fingerprint density at radius 1 is 1.04 bits per heavy atom. The lowest BCUT2D eigenvalue weighted by Gasteiger charge is -2.11. The van der Waals surface area contributed by atoms with Crippen molar-refractivity contribution in [2.75, 3.05) is 5.32 Å². The zero-order chi connectivity index (χ0) is 17.5. The van der Waals surface area contributed by atoms with Crippen molar-refractivity contribution in [3.63, 3.8) is 0 Å². The highest BCUT2D eigenvalue weighted by Gasteiger charge is 2.12. The van der Waals surface area contributed by atoms with Gasteiger partial charge in [0.25, 0.3) is 0 Å². The van der Waals surface area contributed by atoms with Gasteiger partial charge in [0.1, 0.15) is 0 Å². The molecule has 0 unspecified atom stereocenters. The maximum Gasteiger partial charge on any atom is 0.228 e. The monoisotopic (exact) mass is 323 g/mol. The van der Waals surface area contributed by atoms with E-state index in [4.69, 9.17) is 0 Å². The van der Waals surface area contributed by atoms with Crippen LogP contribution in [0.1, 0.15) is 53.7 Å². The van der Waals surface area contributed by atoms with E-state index in [0.717, 1.165) is 40.8 Å². The van der Waals surface area contributed by atoms with Crippen LogP contribution in [0.2, 0.25) is 0 Å². The lowest BCUT2D eigenvalue weighted by Crippen LogP contribution is -2.15. The molecule has 0 aromatic heterocycles. The topological polar surface area (TPSA) is 46.2 Å². The van der Waals surface area contributed by atoms with E-state index in [0.29, 0.717) is 12.8 Å². The average molecular weight is 323 g/mol. The lowest BCUT2D eigenvalue weighted by atomic mass is 9.96. The minimum atomic E-state index is -0.0426. The second kappa shape index (κ2) is 8.44. The predicted molar refractivity (Wildman–Crippen MR) is 98.6 cm³/mol.